The fraction of sp³-hybridized carbons (Fsp3) is 0.562. The van der Waals surface area contributed by atoms with Crippen molar-refractivity contribution in [3.63, 3.8) is 0 Å². The number of hydrogen-bond donors (Lipinski definition) is 0. The van der Waals surface area contributed by atoms with Crippen molar-refractivity contribution < 1.29 is 9.53 Å². The summed E-state index contributed by atoms with van der Waals surface area (Å²) in [7, 11) is 1.68. The van der Waals surface area contributed by atoms with E-state index in [9.17, 15) is 4.79 Å². The summed E-state index contributed by atoms with van der Waals surface area (Å²) in [6, 6.07) is 8.59. The van der Waals surface area contributed by atoms with Crippen LogP contribution in [0.4, 0.5) is 0 Å². The Morgan fingerprint density at radius 2 is 1.95 bits per heavy atom. The Hall–Kier alpha value is -1.35. The molecule has 0 amide bonds. The van der Waals surface area contributed by atoms with E-state index in [4.69, 9.17) is 4.74 Å². The van der Waals surface area contributed by atoms with Crippen LogP contribution in [0.25, 0.3) is 0 Å². The Morgan fingerprint density at radius 1 is 1.26 bits per heavy atom. The van der Waals surface area contributed by atoms with Gasteiger partial charge >= 0.3 is 0 Å². The third-order valence-corrected chi connectivity index (χ3v) is 4.30. The molecular formula is C16H23NO2. The molecule has 1 aromatic rings. The highest BCUT2D eigenvalue weighted by Crippen LogP contribution is 2.20. The monoisotopic (exact) mass is 261 g/mol. The largest absolute Gasteiger partial charge is 0.497 e. The van der Waals surface area contributed by atoms with Crippen LogP contribution >= 0.6 is 0 Å². The fourth-order valence-corrected chi connectivity index (χ4v) is 2.65. The first-order valence-corrected chi connectivity index (χ1v) is 7.01. The predicted octanol–water partition coefficient (Wildman–Crippen LogP) is 2.54. The van der Waals surface area contributed by atoms with Gasteiger partial charge in [-0.3, -0.25) is 9.69 Å². The van der Waals surface area contributed by atoms with Gasteiger partial charge in [-0.1, -0.05) is 19.1 Å². The van der Waals surface area contributed by atoms with E-state index in [2.05, 4.69) is 24.0 Å². The summed E-state index contributed by atoms with van der Waals surface area (Å²) < 4.78 is 5.16. The number of ketones is 1. The number of carbonyl (C=O) groups excluding carboxylic acids is 1. The van der Waals surface area contributed by atoms with E-state index in [0.717, 1.165) is 25.3 Å². The summed E-state index contributed by atoms with van der Waals surface area (Å²) in [6.45, 7) is 6.13. The van der Waals surface area contributed by atoms with Gasteiger partial charge in [-0.2, -0.15) is 0 Å². The maximum Gasteiger partial charge on any atom is 0.138 e. The van der Waals surface area contributed by atoms with Gasteiger partial charge in [-0.25, -0.2) is 0 Å². The summed E-state index contributed by atoms with van der Waals surface area (Å²) in [5.74, 6) is 1.48. The van der Waals surface area contributed by atoms with E-state index in [1.165, 1.54) is 5.56 Å². The molecule has 2 rings (SSSR count). The molecule has 0 radical (unpaired) electrons. The molecule has 0 spiro atoms. The van der Waals surface area contributed by atoms with Crippen LogP contribution in [0, 0.1) is 5.92 Å². The van der Waals surface area contributed by atoms with Crippen molar-refractivity contribution in [2.75, 3.05) is 20.2 Å². The predicted molar refractivity (Wildman–Crippen MR) is 76.5 cm³/mol. The molecule has 1 aliphatic heterocycles. The van der Waals surface area contributed by atoms with Gasteiger partial charge < -0.3 is 4.74 Å². The number of piperidine rings is 1. The highest BCUT2D eigenvalue weighted by molar-refractivity contribution is 5.82. The van der Waals surface area contributed by atoms with Gasteiger partial charge in [0.1, 0.15) is 11.5 Å². The smallest absolute Gasteiger partial charge is 0.138 e. The molecule has 2 unspecified atom stereocenters. The Labute approximate surface area is 115 Å². The van der Waals surface area contributed by atoms with Gasteiger partial charge in [0.25, 0.3) is 0 Å². The maximum absolute atomic E-state index is 11.7. The number of ether oxygens (including phenoxy) is 1. The fourth-order valence-electron chi connectivity index (χ4n) is 2.65. The van der Waals surface area contributed by atoms with E-state index in [-0.39, 0.29) is 5.92 Å². The van der Waals surface area contributed by atoms with E-state index < -0.39 is 0 Å². The number of hydrogen-bond acceptors (Lipinski definition) is 3. The first-order chi connectivity index (χ1) is 9.11. The molecule has 1 heterocycles. The summed E-state index contributed by atoms with van der Waals surface area (Å²) in [4.78, 5) is 14.1. The molecule has 19 heavy (non-hydrogen) atoms. The summed E-state index contributed by atoms with van der Waals surface area (Å²) in [5, 5.41) is 0. The minimum atomic E-state index is 0.171. The first-order valence-electron chi connectivity index (χ1n) is 7.01. The van der Waals surface area contributed by atoms with Crippen LogP contribution in [-0.2, 0) is 11.2 Å². The Bertz CT molecular complexity index is 427. The second-order valence-electron chi connectivity index (χ2n) is 5.38. The second kappa shape index (κ2) is 6.20. The van der Waals surface area contributed by atoms with E-state index in [1.54, 1.807) is 7.11 Å². The second-order valence-corrected chi connectivity index (χ2v) is 5.38. The van der Waals surface area contributed by atoms with Crippen LogP contribution in [0.15, 0.2) is 24.3 Å². The molecule has 0 N–H and O–H groups in total. The number of rotatable bonds is 4. The van der Waals surface area contributed by atoms with Crippen molar-refractivity contribution in [1.29, 1.82) is 0 Å². The molecule has 3 nitrogen and oxygen atoms in total. The molecule has 0 aliphatic carbocycles. The zero-order chi connectivity index (χ0) is 13.8. The van der Waals surface area contributed by atoms with Gasteiger partial charge in [0.05, 0.1) is 7.11 Å². The first kappa shape index (κ1) is 14.1. The number of nitrogens with zero attached hydrogens (tertiary/aromatic N) is 1. The molecule has 0 bridgehead atoms. The van der Waals surface area contributed by atoms with Crippen molar-refractivity contribution in [1.82, 2.24) is 4.90 Å². The molecule has 1 fully saturated rings. The molecule has 1 aromatic carbocycles. The molecular weight excluding hydrogens is 238 g/mol. The lowest BCUT2D eigenvalue weighted by atomic mass is 9.90. The number of benzene rings is 1. The third kappa shape index (κ3) is 3.35. The maximum atomic E-state index is 11.7. The van der Waals surface area contributed by atoms with Gasteiger partial charge in [0.2, 0.25) is 0 Å². The van der Waals surface area contributed by atoms with Gasteiger partial charge in [0.15, 0.2) is 0 Å². The molecule has 1 aliphatic rings. The van der Waals surface area contributed by atoms with Gasteiger partial charge in [-0.15, -0.1) is 0 Å². The van der Waals surface area contributed by atoms with E-state index in [1.807, 2.05) is 19.1 Å². The molecule has 0 aromatic heterocycles. The van der Waals surface area contributed by atoms with Crippen molar-refractivity contribution in [2.45, 2.75) is 32.7 Å². The standard InChI is InChI=1S/C16H23NO2/c1-12-13(2)17(11-9-16(12)18)10-8-14-4-6-15(19-3)7-5-14/h4-7,12-13H,8-11H2,1-3H3. The molecule has 2 atom stereocenters. The molecule has 0 saturated carbocycles. The zero-order valence-electron chi connectivity index (χ0n) is 12.1. The number of Topliss-reactive ketones (excluding diaryl/α,β-unsaturated/α-hetero) is 1. The van der Waals surface area contributed by atoms with Crippen LogP contribution in [0.3, 0.4) is 0 Å². The zero-order valence-corrected chi connectivity index (χ0v) is 12.1. The van der Waals surface area contributed by atoms with Crippen molar-refractivity contribution in [3.8, 4) is 5.75 Å². The highest BCUT2D eigenvalue weighted by Gasteiger charge is 2.30. The third-order valence-electron chi connectivity index (χ3n) is 4.30. The summed E-state index contributed by atoms with van der Waals surface area (Å²) >= 11 is 0. The average molecular weight is 261 g/mol. The molecule has 104 valence electrons. The van der Waals surface area contributed by atoms with Gasteiger partial charge in [0, 0.05) is 31.5 Å². The summed E-state index contributed by atoms with van der Waals surface area (Å²) in [6.07, 6.45) is 1.73. The average Bonchev–Trinajstić information content (AvgIpc) is 2.45. The van der Waals surface area contributed by atoms with Crippen LogP contribution in [-0.4, -0.2) is 36.9 Å². The minimum absolute atomic E-state index is 0.171. The summed E-state index contributed by atoms with van der Waals surface area (Å²) in [5.41, 5.74) is 1.32. The van der Waals surface area contributed by atoms with Crippen molar-refractivity contribution >= 4 is 5.78 Å². The quantitative estimate of drug-likeness (QED) is 0.834. The lowest BCUT2D eigenvalue weighted by Gasteiger charge is -2.36. The van der Waals surface area contributed by atoms with Crippen molar-refractivity contribution in [2.24, 2.45) is 5.92 Å². The normalized spacial score (nSPS) is 24.5. The SMILES string of the molecule is COc1ccc(CCN2CCC(=O)C(C)C2C)cc1. The Kier molecular flexibility index (Phi) is 4.59. The van der Waals surface area contributed by atoms with Crippen LogP contribution in [0.2, 0.25) is 0 Å². The molecule has 3 heteroatoms. The van der Waals surface area contributed by atoms with Gasteiger partial charge in [-0.05, 0) is 31.0 Å². The van der Waals surface area contributed by atoms with Crippen LogP contribution in [0.1, 0.15) is 25.8 Å². The highest BCUT2D eigenvalue weighted by atomic mass is 16.5. The van der Waals surface area contributed by atoms with Crippen molar-refractivity contribution in [3.05, 3.63) is 29.8 Å². The molecule has 1 saturated heterocycles. The van der Waals surface area contributed by atoms with E-state index in [0.29, 0.717) is 18.2 Å². The number of carbonyl (C=O) groups is 1. The minimum Gasteiger partial charge on any atom is -0.497 e. The van der Waals surface area contributed by atoms with Crippen LogP contribution < -0.4 is 4.74 Å². The van der Waals surface area contributed by atoms with Crippen LogP contribution in [0.5, 0.6) is 5.75 Å². The Balaban J connectivity index is 1.89. The number of methoxy groups -OCH3 is 1. The lowest BCUT2D eigenvalue weighted by molar-refractivity contribution is -0.127. The number of likely N-dealkylation sites (tertiary alicyclic amines) is 1. The van der Waals surface area contributed by atoms with E-state index >= 15 is 0 Å². The Morgan fingerprint density at radius 3 is 2.58 bits per heavy atom. The topological polar surface area (TPSA) is 29.5 Å². The lowest BCUT2D eigenvalue weighted by Crippen LogP contribution is -2.47.